The summed E-state index contributed by atoms with van der Waals surface area (Å²) >= 11 is 0. The predicted octanol–water partition coefficient (Wildman–Crippen LogP) is -4.42. The molecular weight excluding hydrogens is 899 g/mol. The van der Waals surface area contributed by atoms with Crippen LogP contribution in [0.3, 0.4) is 0 Å². The molecule has 0 spiro atoms. The highest BCUT2D eigenvalue weighted by molar-refractivity contribution is 7.61. The van der Waals surface area contributed by atoms with Crippen LogP contribution in [0.15, 0.2) is 36.7 Å². The van der Waals surface area contributed by atoms with E-state index in [1.54, 1.807) is 0 Å². The van der Waals surface area contributed by atoms with Gasteiger partial charge in [0.05, 0.1) is 25.8 Å². The van der Waals surface area contributed by atoms with E-state index in [0.29, 0.717) is 10.9 Å². The molecule has 0 aliphatic carbocycles. The fourth-order valence-corrected chi connectivity index (χ4v) is 9.43. The maximum atomic E-state index is 13.5. The van der Waals surface area contributed by atoms with E-state index < -0.39 is 133 Å². The molecule has 2 bridgehead atoms. The van der Waals surface area contributed by atoms with Crippen LogP contribution < -0.4 is 11.5 Å². The molecule has 1 amide bonds. The van der Waals surface area contributed by atoms with Crippen molar-refractivity contribution in [2.45, 2.75) is 73.0 Å². The first-order chi connectivity index (χ1) is 28.2. The minimum Gasteiger partial charge on any atom is -0.423 e. The molecule has 4 fully saturated rings. The Morgan fingerprint density at radius 1 is 0.951 bits per heavy atom. The molecule has 334 valence electrons. The monoisotopic (exact) mass is 931 g/mol. The third-order valence-corrected chi connectivity index (χ3v) is 12.5. The summed E-state index contributed by atoms with van der Waals surface area (Å²) in [5.74, 6) is -19.1. The number of nitrogens with zero attached hydrogens (tertiary/aromatic N) is 5. The Labute approximate surface area is 337 Å². The zero-order valence-electron chi connectivity index (χ0n) is 30.2. The summed E-state index contributed by atoms with van der Waals surface area (Å²) in [6.45, 7) is -3.21. The van der Waals surface area contributed by atoms with Crippen molar-refractivity contribution in [3.05, 3.63) is 36.7 Å². The Kier molecular flexibility index (Phi) is 11.1. The zero-order chi connectivity index (χ0) is 44.7. The van der Waals surface area contributed by atoms with Crippen LogP contribution in [0.5, 0.6) is 0 Å². The molecule has 0 aromatic carbocycles. The fraction of sp³-hybridized carbons (Fsp3) is 0.519. The molecule has 4 saturated heterocycles. The molecule has 5 aliphatic heterocycles. The van der Waals surface area contributed by atoms with Crippen molar-refractivity contribution in [3.63, 3.8) is 0 Å². The fourth-order valence-electron chi connectivity index (χ4n) is 6.74. The van der Waals surface area contributed by atoms with Crippen LogP contribution in [-0.2, 0) is 74.4 Å². The van der Waals surface area contributed by atoms with E-state index in [4.69, 9.17) is 44.2 Å². The Balaban J connectivity index is 1.19. The van der Waals surface area contributed by atoms with E-state index in [2.05, 4.69) is 23.8 Å². The second-order valence-corrected chi connectivity index (χ2v) is 17.8. The maximum absolute atomic E-state index is 13.5. The minimum absolute atomic E-state index is 0.0870. The number of aliphatic hydroxyl groups is 4. The lowest BCUT2D eigenvalue weighted by Gasteiger charge is -2.47. The van der Waals surface area contributed by atoms with Gasteiger partial charge in [-0.15, -0.1) is 0 Å². The molecule has 5 aliphatic rings. The van der Waals surface area contributed by atoms with Crippen LogP contribution in [0.1, 0.15) is 25.5 Å². The van der Waals surface area contributed by atoms with Gasteiger partial charge in [-0.3, -0.25) is 28.0 Å². The topological polar surface area (TPSA) is 463 Å². The highest BCUT2D eigenvalue weighted by Crippen LogP contribution is 2.65. The van der Waals surface area contributed by atoms with Gasteiger partial charge in [0.15, 0.2) is 23.3 Å². The average molecular weight is 932 g/mol. The molecule has 31 nitrogen and oxygen atoms in total. The number of allylic oxidation sites excluding steroid dienone is 1. The number of carbonyl (C=O) groups is 4. The summed E-state index contributed by atoms with van der Waals surface area (Å²) in [6.07, 6.45) is -6.74. The van der Waals surface area contributed by atoms with Crippen molar-refractivity contribution in [1.82, 2.24) is 24.4 Å². The van der Waals surface area contributed by atoms with Gasteiger partial charge in [-0.25, -0.2) is 38.0 Å². The molecule has 7 heterocycles. The first-order valence-corrected chi connectivity index (χ1v) is 21.4. The SMILES string of the molecule is NC(=O)C1=CN([C@@H]2O[C@H](COP(=O)(O)OP(=O)(O)OC[C@]34OC(=O)CC5(O)CC(=O)O[C@@](OP(=O)(O)O)([C@H](n6cnc7c(N)ncnc76)O3)[C@]4(O)OC5=O)[C@@H](O)[C@H]2O)C=CC1. The Hall–Kier alpha value is -4.36. The van der Waals surface area contributed by atoms with Crippen LogP contribution >= 0.6 is 23.5 Å². The average Bonchev–Trinajstić information content (AvgIpc) is 3.74. The van der Waals surface area contributed by atoms with Gasteiger partial charge < -0.3 is 80.1 Å². The van der Waals surface area contributed by atoms with Crippen molar-refractivity contribution < 1.29 is 114 Å². The van der Waals surface area contributed by atoms with Gasteiger partial charge in [0.1, 0.15) is 36.8 Å². The van der Waals surface area contributed by atoms with Gasteiger partial charge in [-0.2, -0.15) is 4.31 Å². The number of nitrogen functional groups attached to an aromatic ring is 1. The van der Waals surface area contributed by atoms with Crippen LogP contribution in [0.25, 0.3) is 11.2 Å². The van der Waals surface area contributed by atoms with Gasteiger partial charge in [0.2, 0.25) is 12.1 Å². The Morgan fingerprint density at radius 3 is 2.30 bits per heavy atom. The van der Waals surface area contributed by atoms with Gasteiger partial charge >= 0.3 is 58.7 Å². The summed E-state index contributed by atoms with van der Waals surface area (Å²) in [7, 11) is -18.3. The van der Waals surface area contributed by atoms with E-state index in [1.807, 2.05) is 0 Å². The number of imidazole rings is 1. The van der Waals surface area contributed by atoms with E-state index in [0.717, 1.165) is 11.2 Å². The number of aliphatic hydroxyl groups excluding tert-OH is 2. The summed E-state index contributed by atoms with van der Waals surface area (Å²) in [6, 6.07) is 0. The van der Waals surface area contributed by atoms with Gasteiger partial charge in [0, 0.05) is 18.0 Å². The van der Waals surface area contributed by atoms with Crippen molar-refractivity contribution >= 4 is 64.3 Å². The molecule has 7 rings (SSSR count). The first-order valence-electron chi connectivity index (χ1n) is 16.8. The summed E-state index contributed by atoms with van der Waals surface area (Å²) in [4.78, 5) is 106. The molecule has 61 heavy (non-hydrogen) atoms. The normalized spacial score (nSPS) is 35.9. The van der Waals surface area contributed by atoms with Gasteiger partial charge in [0.25, 0.3) is 0 Å². The third kappa shape index (κ3) is 7.98. The first kappa shape index (κ1) is 44.7. The second-order valence-electron chi connectivity index (χ2n) is 13.6. The molecule has 12 N–H and O–H groups in total. The van der Waals surface area contributed by atoms with Crippen molar-refractivity contribution in [3.8, 4) is 0 Å². The van der Waals surface area contributed by atoms with Crippen LogP contribution in [0.4, 0.5) is 5.82 Å². The number of hydrogen-bond donors (Lipinski definition) is 10. The lowest BCUT2D eigenvalue weighted by Crippen LogP contribution is -2.73. The highest BCUT2D eigenvalue weighted by atomic mass is 31.3. The quantitative estimate of drug-likeness (QED) is 0.0515. The number of fused-ring (bicyclic) bond motifs is 3. The van der Waals surface area contributed by atoms with Gasteiger partial charge in [-0.05, 0) is 6.42 Å². The number of esters is 3. The number of rotatable bonds is 13. The van der Waals surface area contributed by atoms with E-state index in [9.17, 15) is 72.9 Å². The smallest absolute Gasteiger partial charge is 0.423 e. The van der Waals surface area contributed by atoms with E-state index >= 15 is 0 Å². The number of nitrogens with two attached hydrogens (primary N) is 2. The predicted molar refractivity (Wildman–Crippen MR) is 182 cm³/mol. The second kappa shape index (κ2) is 15.2. The summed E-state index contributed by atoms with van der Waals surface area (Å²) in [5, 5.41) is 44.4. The number of phosphoric ester groups is 3. The molecule has 0 radical (unpaired) electrons. The van der Waals surface area contributed by atoms with Crippen LogP contribution in [0.2, 0.25) is 0 Å². The lowest BCUT2D eigenvalue weighted by molar-refractivity contribution is -0.406. The summed E-state index contributed by atoms with van der Waals surface area (Å²) < 4.78 is 84.5. The Morgan fingerprint density at radius 2 is 1.62 bits per heavy atom. The number of carbonyl (C=O) groups excluding carboxylic acids is 4. The minimum atomic E-state index is -6.20. The molecule has 34 heteroatoms. The molecule has 2 aromatic heterocycles. The van der Waals surface area contributed by atoms with Crippen molar-refractivity contribution in [2.24, 2.45) is 5.73 Å². The number of phosphoric acid groups is 3. The Bertz CT molecular complexity index is 2390. The van der Waals surface area contributed by atoms with Crippen molar-refractivity contribution in [1.29, 1.82) is 0 Å². The van der Waals surface area contributed by atoms with Gasteiger partial charge in [-0.1, -0.05) is 6.08 Å². The third-order valence-electron chi connectivity index (χ3n) is 9.44. The zero-order valence-corrected chi connectivity index (χ0v) is 32.8. The molecule has 2 aromatic rings. The number of aromatic nitrogens is 4. The standard InChI is InChI=1S/C27H32N7O24P3/c28-18-15-20(31-9-30-18)34(10-32-15)22-26(57-59(43,44)45)27(42)25(55-22,53-13(35)4-24(41,23(40)56-27)5-14(36)54-26)8-51-61(48,49)58-60(46,47)50-7-12-16(37)17(38)21(52-12)33-3-1-2-11(6-33)19(29)39/h1,3,6,9-10,12,16-17,21-22,37-38,41-42H,2,4-5,7-8H2,(H2,29,39)(H,46,47)(H,48,49)(H2,28,30,31)(H2,43,44,45)/t12-,16-,17-,21-,22-,24?,25+,26-,27-/m1/s1. The molecule has 0 saturated carbocycles. The van der Waals surface area contributed by atoms with E-state index in [1.165, 1.54) is 18.5 Å². The summed E-state index contributed by atoms with van der Waals surface area (Å²) in [5.41, 5.74) is 7.21. The lowest BCUT2D eigenvalue weighted by atomic mass is 9.90. The van der Waals surface area contributed by atoms with E-state index in [-0.39, 0.29) is 23.3 Å². The molecule has 11 atom stereocenters. The maximum Gasteiger partial charge on any atom is 0.481 e. The number of primary amides is 1. The largest absolute Gasteiger partial charge is 0.481 e. The van der Waals surface area contributed by atoms with Crippen molar-refractivity contribution in [2.75, 3.05) is 18.9 Å². The number of amides is 1. The van der Waals surface area contributed by atoms with Crippen LogP contribution in [-0.4, -0.2) is 149 Å². The molecule has 3 unspecified atom stereocenters. The number of hydrogen-bond acceptors (Lipinski definition) is 25. The van der Waals surface area contributed by atoms with Crippen LogP contribution in [0, 0.1) is 0 Å². The number of anilines is 1. The number of ether oxygens (including phenoxy) is 5. The highest BCUT2D eigenvalue weighted by Gasteiger charge is 2.87. The molecular formula is C27H32N7O24P3.